The highest BCUT2D eigenvalue weighted by atomic mass is 16.5. The van der Waals surface area contributed by atoms with Crippen molar-refractivity contribution in [3.8, 4) is 6.07 Å². The molecule has 4 nitrogen and oxygen atoms in total. The van der Waals surface area contributed by atoms with Crippen molar-refractivity contribution in [2.45, 2.75) is 13.0 Å². The van der Waals surface area contributed by atoms with Crippen molar-refractivity contribution in [3.05, 3.63) is 59.4 Å². The molecule has 2 rings (SSSR count). The molecule has 1 aromatic carbocycles. The summed E-state index contributed by atoms with van der Waals surface area (Å²) >= 11 is 0. The summed E-state index contributed by atoms with van der Waals surface area (Å²) in [5.74, 6) is -0.422. The Morgan fingerprint density at radius 1 is 1.26 bits per heavy atom. The molecular weight excluding hydrogens is 240 g/mol. The highest BCUT2D eigenvalue weighted by Gasteiger charge is 2.14. The van der Waals surface area contributed by atoms with Gasteiger partial charge in [-0.1, -0.05) is 30.3 Å². The molecule has 1 aromatic heterocycles. The monoisotopic (exact) mass is 254 g/mol. The molecule has 0 saturated carbocycles. The number of aromatic nitrogens is 1. The van der Waals surface area contributed by atoms with Crippen LogP contribution in [0.25, 0.3) is 0 Å². The lowest BCUT2D eigenvalue weighted by atomic mass is 10.1. The van der Waals surface area contributed by atoms with Crippen LogP contribution in [0, 0.1) is 11.3 Å². The number of methoxy groups -OCH3 is 1. The third-order valence-corrected chi connectivity index (χ3v) is 2.96. The largest absolute Gasteiger partial charge is 0.464 e. The first-order valence-electron chi connectivity index (χ1n) is 5.98. The van der Waals surface area contributed by atoms with Crippen LogP contribution in [0.3, 0.4) is 0 Å². The van der Waals surface area contributed by atoms with Crippen molar-refractivity contribution in [3.63, 3.8) is 0 Å². The van der Waals surface area contributed by atoms with Gasteiger partial charge in [-0.2, -0.15) is 5.26 Å². The molecule has 0 aliphatic rings. The van der Waals surface area contributed by atoms with E-state index in [1.807, 2.05) is 30.3 Å². The molecule has 1 heterocycles. The molecule has 0 aliphatic heterocycles. The molecule has 0 saturated heterocycles. The van der Waals surface area contributed by atoms with Crippen molar-refractivity contribution in [2.75, 3.05) is 7.11 Å². The van der Waals surface area contributed by atoms with Gasteiger partial charge in [0.15, 0.2) is 0 Å². The van der Waals surface area contributed by atoms with Gasteiger partial charge in [0.2, 0.25) is 0 Å². The fraction of sp³-hybridized carbons (Fsp3) is 0.200. The molecule has 0 bridgehead atoms. The normalized spacial score (nSPS) is 9.89. The lowest BCUT2D eigenvalue weighted by molar-refractivity contribution is 0.0588. The van der Waals surface area contributed by atoms with E-state index in [2.05, 4.69) is 6.07 Å². The van der Waals surface area contributed by atoms with Crippen LogP contribution in [0.4, 0.5) is 0 Å². The number of nitrogens with zero attached hydrogens (tertiary/aromatic N) is 2. The fourth-order valence-corrected chi connectivity index (χ4v) is 1.97. The number of ether oxygens (including phenoxy) is 1. The molecular formula is C15H14N2O2. The van der Waals surface area contributed by atoms with Crippen LogP contribution >= 0.6 is 0 Å². The van der Waals surface area contributed by atoms with Gasteiger partial charge in [-0.25, -0.2) is 4.79 Å². The third-order valence-electron chi connectivity index (χ3n) is 2.96. The predicted molar refractivity (Wildman–Crippen MR) is 70.6 cm³/mol. The Balaban J connectivity index is 2.21. The summed E-state index contributed by atoms with van der Waals surface area (Å²) < 4.78 is 6.41. The summed E-state index contributed by atoms with van der Waals surface area (Å²) in [7, 11) is 1.34. The van der Waals surface area contributed by atoms with Gasteiger partial charge in [0.25, 0.3) is 0 Å². The number of rotatable bonds is 4. The number of hydrogen-bond acceptors (Lipinski definition) is 3. The Morgan fingerprint density at radius 2 is 2.00 bits per heavy atom. The van der Waals surface area contributed by atoms with Crippen LogP contribution in [0.5, 0.6) is 0 Å². The summed E-state index contributed by atoms with van der Waals surface area (Å²) in [6.45, 7) is 0.574. The SMILES string of the molecule is COC(=O)c1ccc(C#N)n1CCc1ccccc1. The number of benzene rings is 1. The molecule has 0 amide bonds. The predicted octanol–water partition coefficient (Wildman–Crippen LogP) is 2.39. The van der Waals surface area contributed by atoms with Gasteiger partial charge >= 0.3 is 5.97 Å². The van der Waals surface area contributed by atoms with E-state index in [0.717, 1.165) is 12.0 Å². The quantitative estimate of drug-likeness (QED) is 0.787. The summed E-state index contributed by atoms with van der Waals surface area (Å²) in [5.41, 5.74) is 2.04. The van der Waals surface area contributed by atoms with Gasteiger partial charge in [0.05, 0.1) is 7.11 Å². The Morgan fingerprint density at radius 3 is 2.63 bits per heavy atom. The zero-order chi connectivity index (χ0) is 13.7. The minimum absolute atomic E-state index is 0.412. The van der Waals surface area contributed by atoms with Crippen molar-refractivity contribution in [2.24, 2.45) is 0 Å². The van der Waals surface area contributed by atoms with E-state index in [4.69, 9.17) is 10.00 Å². The molecule has 0 unspecified atom stereocenters. The van der Waals surface area contributed by atoms with Gasteiger partial charge in [-0.3, -0.25) is 0 Å². The molecule has 0 aliphatic carbocycles. The maximum absolute atomic E-state index is 11.6. The van der Waals surface area contributed by atoms with E-state index in [0.29, 0.717) is 17.9 Å². The first-order chi connectivity index (χ1) is 9.26. The number of esters is 1. The minimum Gasteiger partial charge on any atom is -0.464 e. The second-order valence-corrected chi connectivity index (χ2v) is 4.09. The van der Waals surface area contributed by atoms with Gasteiger partial charge < -0.3 is 9.30 Å². The van der Waals surface area contributed by atoms with E-state index in [-0.39, 0.29) is 0 Å². The molecule has 0 spiro atoms. The van der Waals surface area contributed by atoms with E-state index in [9.17, 15) is 4.79 Å². The zero-order valence-electron chi connectivity index (χ0n) is 10.7. The topological polar surface area (TPSA) is 55.0 Å². The summed E-state index contributed by atoms with van der Waals surface area (Å²) in [6.07, 6.45) is 0.758. The van der Waals surface area contributed by atoms with E-state index in [1.54, 1.807) is 16.7 Å². The number of nitriles is 1. The van der Waals surface area contributed by atoms with E-state index in [1.165, 1.54) is 7.11 Å². The minimum atomic E-state index is -0.422. The van der Waals surface area contributed by atoms with Crippen LogP contribution in [0.1, 0.15) is 21.7 Å². The Kier molecular flexibility index (Phi) is 3.99. The second-order valence-electron chi connectivity index (χ2n) is 4.09. The standard InChI is InChI=1S/C15H14N2O2/c1-19-15(18)14-8-7-13(11-16)17(14)10-9-12-5-3-2-4-6-12/h2-8H,9-10H2,1H3. The van der Waals surface area contributed by atoms with Gasteiger partial charge in [0, 0.05) is 6.54 Å². The smallest absolute Gasteiger partial charge is 0.354 e. The average molecular weight is 254 g/mol. The number of aryl methyl sites for hydroxylation is 1. The van der Waals surface area contributed by atoms with Gasteiger partial charge in [0.1, 0.15) is 17.5 Å². The maximum atomic E-state index is 11.6. The molecule has 96 valence electrons. The van der Waals surface area contributed by atoms with Crippen LogP contribution in [-0.2, 0) is 17.7 Å². The molecule has 0 radical (unpaired) electrons. The molecule has 0 atom stereocenters. The highest BCUT2D eigenvalue weighted by Crippen LogP contribution is 2.12. The lowest BCUT2D eigenvalue weighted by Crippen LogP contribution is -2.13. The summed E-state index contributed by atoms with van der Waals surface area (Å²) in [6, 6.07) is 15.3. The van der Waals surface area contributed by atoms with Crippen LogP contribution in [0.2, 0.25) is 0 Å². The molecule has 0 N–H and O–H groups in total. The van der Waals surface area contributed by atoms with Crippen molar-refractivity contribution in [1.29, 1.82) is 5.26 Å². The second kappa shape index (κ2) is 5.87. The van der Waals surface area contributed by atoms with Gasteiger partial charge in [-0.05, 0) is 24.1 Å². The molecule has 0 fully saturated rings. The first kappa shape index (κ1) is 12.9. The number of carbonyl (C=O) groups excluding carboxylic acids is 1. The average Bonchev–Trinajstić information content (AvgIpc) is 2.88. The van der Waals surface area contributed by atoms with Crippen LogP contribution < -0.4 is 0 Å². The third kappa shape index (κ3) is 2.83. The van der Waals surface area contributed by atoms with Crippen molar-refractivity contribution < 1.29 is 9.53 Å². The van der Waals surface area contributed by atoms with Crippen LogP contribution in [-0.4, -0.2) is 17.6 Å². The molecule has 19 heavy (non-hydrogen) atoms. The van der Waals surface area contributed by atoms with Crippen LogP contribution in [0.15, 0.2) is 42.5 Å². The highest BCUT2D eigenvalue weighted by molar-refractivity contribution is 5.88. The van der Waals surface area contributed by atoms with Gasteiger partial charge in [-0.15, -0.1) is 0 Å². The van der Waals surface area contributed by atoms with Crippen molar-refractivity contribution in [1.82, 2.24) is 4.57 Å². The Bertz CT molecular complexity index is 609. The fourth-order valence-electron chi connectivity index (χ4n) is 1.97. The number of carbonyl (C=O) groups is 1. The maximum Gasteiger partial charge on any atom is 0.354 e. The lowest BCUT2D eigenvalue weighted by Gasteiger charge is -2.09. The summed E-state index contributed by atoms with van der Waals surface area (Å²) in [4.78, 5) is 11.6. The molecule has 4 heteroatoms. The Labute approximate surface area is 111 Å². The summed E-state index contributed by atoms with van der Waals surface area (Å²) in [5, 5.41) is 9.06. The zero-order valence-corrected chi connectivity index (χ0v) is 10.7. The first-order valence-corrected chi connectivity index (χ1v) is 5.98. The number of hydrogen-bond donors (Lipinski definition) is 0. The Hall–Kier alpha value is -2.54. The van der Waals surface area contributed by atoms with E-state index < -0.39 is 5.97 Å². The van der Waals surface area contributed by atoms with Crippen molar-refractivity contribution >= 4 is 5.97 Å². The van der Waals surface area contributed by atoms with E-state index >= 15 is 0 Å². The molecule has 2 aromatic rings.